The van der Waals surface area contributed by atoms with E-state index >= 15 is 0 Å². The molecule has 0 saturated heterocycles. The van der Waals surface area contributed by atoms with Crippen molar-refractivity contribution in [1.29, 1.82) is 0 Å². The van der Waals surface area contributed by atoms with Crippen LogP contribution >= 0.6 is 0 Å². The van der Waals surface area contributed by atoms with Gasteiger partial charge in [0.15, 0.2) is 0 Å². The molecule has 0 spiro atoms. The first-order valence-corrected chi connectivity index (χ1v) is 6.00. The lowest BCUT2D eigenvalue weighted by atomic mass is 10.1. The van der Waals surface area contributed by atoms with Crippen LogP contribution in [-0.4, -0.2) is 28.6 Å². The fourth-order valence-corrected chi connectivity index (χ4v) is 1.83. The highest BCUT2D eigenvalue weighted by atomic mass is 16.2. The normalized spacial score (nSPS) is 10.1. The molecule has 2 aromatic rings. The van der Waals surface area contributed by atoms with Gasteiger partial charge in [-0.1, -0.05) is 18.2 Å². The summed E-state index contributed by atoms with van der Waals surface area (Å²) in [5.41, 5.74) is 3.68. The largest absolute Gasteiger partial charge is 0.354 e. The number of hydrogen-bond acceptors (Lipinski definition) is 4. The van der Waals surface area contributed by atoms with Crippen LogP contribution in [0.3, 0.4) is 0 Å². The van der Waals surface area contributed by atoms with Gasteiger partial charge < -0.3 is 5.32 Å². The molecule has 0 unspecified atom stereocenters. The van der Waals surface area contributed by atoms with E-state index in [2.05, 4.69) is 15.8 Å². The van der Waals surface area contributed by atoms with Crippen molar-refractivity contribution in [1.82, 2.24) is 20.5 Å². The van der Waals surface area contributed by atoms with Gasteiger partial charge in [-0.3, -0.25) is 19.7 Å². The van der Waals surface area contributed by atoms with Crippen LogP contribution in [0.15, 0.2) is 36.5 Å². The van der Waals surface area contributed by atoms with Crippen LogP contribution < -0.4 is 16.6 Å². The minimum absolute atomic E-state index is 0.253. The van der Waals surface area contributed by atoms with E-state index in [1.54, 1.807) is 36.1 Å². The fourth-order valence-electron chi connectivity index (χ4n) is 1.83. The number of rotatable bonds is 4. The van der Waals surface area contributed by atoms with E-state index in [0.29, 0.717) is 17.8 Å². The molecule has 0 fully saturated rings. The lowest BCUT2D eigenvalue weighted by Gasteiger charge is -2.08. The van der Waals surface area contributed by atoms with E-state index in [1.807, 2.05) is 12.1 Å². The summed E-state index contributed by atoms with van der Waals surface area (Å²) in [6.07, 6.45) is 1.68. The molecule has 7 heteroatoms. The Morgan fingerprint density at radius 1 is 1.25 bits per heavy atom. The second-order valence-corrected chi connectivity index (χ2v) is 4.11. The van der Waals surface area contributed by atoms with Crippen LogP contribution in [0.1, 0.15) is 26.4 Å². The maximum Gasteiger partial charge on any atom is 0.271 e. The highest BCUT2D eigenvalue weighted by Crippen LogP contribution is 2.10. The van der Waals surface area contributed by atoms with Gasteiger partial charge in [-0.05, 0) is 17.7 Å². The molecule has 1 heterocycles. The van der Waals surface area contributed by atoms with Gasteiger partial charge in [0, 0.05) is 18.8 Å². The van der Waals surface area contributed by atoms with Gasteiger partial charge in [-0.2, -0.15) is 5.10 Å². The van der Waals surface area contributed by atoms with Gasteiger partial charge in [0.2, 0.25) is 0 Å². The minimum Gasteiger partial charge on any atom is -0.354 e. The van der Waals surface area contributed by atoms with Crippen LogP contribution in [0.25, 0.3) is 0 Å². The third kappa shape index (κ3) is 2.83. The predicted octanol–water partition coefficient (Wildman–Crippen LogP) is -0.105. The SMILES string of the molecule is CNC(=O)c1ccn(Cc2ccccc2C(=O)NN)n1. The van der Waals surface area contributed by atoms with Gasteiger partial charge in [0.25, 0.3) is 11.8 Å². The molecule has 4 N–H and O–H groups in total. The molecule has 0 saturated carbocycles. The van der Waals surface area contributed by atoms with Crippen LogP contribution in [0.2, 0.25) is 0 Å². The Morgan fingerprint density at radius 2 is 2.00 bits per heavy atom. The highest BCUT2D eigenvalue weighted by Gasteiger charge is 2.11. The molecule has 0 radical (unpaired) electrons. The Kier molecular flexibility index (Phi) is 4.11. The lowest BCUT2D eigenvalue weighted by molar-refractivity contribution is 0.0945. The number of carbonyl (C=O) groups excluding carboxylic acids is 2. The summed E-state index contributed by atoms with van der Waals surface area (Å²) in [7, 11) is 1.54. The molecule has 104 valence electrons. The molecule has 0 aliphatic carbocycles. The number of hydrazine groups is 1. The third-order valence-corrected chi connectivity index (χ3v) is 2.83. The zero-order valence-corrected chi connectivity index (χ0v) is 11.0. The second kappa shape index (κ2) is 5.98. The monoisotopic (exact) mass is 273 g/mol. The van der Waals surface area contributed by atoms with Crippen molar-refractivity contribution in [2.24, 2.45) is 5.84 Å². The van der Waals surface area contributed by atoms with Gasteiger partial charge in [-0.15, -0.1) is 0 Å². The van der Waals surface area contributed by atoms with Gasteiger partial charge in [0.05, 0.1) is 6.54 Å². The molecule has 0 atom stereocenters. The number of nitrogen functional groups attached to an aromatic ring is 1. The summed E-state index contributed by atoms with van der Waals surface area (Å²) < 4.78 is 1.59. The fraction of sp³-hybridized carbons (Fsp3) is 0.154. The average molecular weight is 273 g/mol. The molecule has 0 aliphatic rings. The quantitative estimate of drug-likeness (QED) is 0.411. The van der Waals surface area contributed by atoms with E-state index in [1.165, 1.54) is 0 Å². The smallest absolute Gasteiger partial charge is 0.271 e. The van der Waals surface area contributed by atoms with E-state index in [0.717, 1.165) is 5.56 Å². The molecule has 0 aliphatic heterocycles. The van der Waals surface area contributed by atoms with Crippen LogP contribution in [-0.2, 0) is 6.54 Å². The molecule has 1 aromatic heterocycles. The number of amides is 2. The van der Waals surface area contributed by atoms with Crippen molar-refractivity contribution in [2.75, 3.05) is 7.05 Å². The number of carbonyl (C=O) groups is 2. The van der Waals surface area contributed by atoms with E-state index < -0.39 is 0 Å². The van der Waals surface area contributed by atoms with Crippen LogP contribution in [0.4, 0.5) is 0 Å². The summed E-state index contributed by atoms with van der Waals surface area (Å²) in [6.45, 7) is 0.376. The van der Waals surface area contributed by atoms with E-state index in [9.17, 15) is 9.59 Å². The van der Waals surface area contributed by atoms with Crippen molar-refractivity contribution in [3.63, 3.8) is 0 Å². The second-order valence-electron chi connectivity index (χ2n) is 4.11. The van der Waals surface area contributed by atoms with E-state index in [4.69, 9.17) is 5.84 Å². The molecule has 2 rings (SSSR count). The number of hydrogen-bond donors (Lipinski definition) is 3. The van der Waals surface area contributed by atoms with Crippen molar-refractivity contribution in [2.45, 2.75) is 6.54 Å². The van der Waals surface area contributed by atoms with Gasteiger partial charge in [-0.25, -0.2) is 5.84 Å². The van der Waals surface area contributed by atoms with Crippen LogP contribution in [0, 0.1) is 0 Å². The summed E-state index contributed by atoms with van der Waals surface area (Å²) >= 11 is 0. The summed E-state index contributed by atoms with van der Waals surface area (Å²) in [5, 5.41) is 6.65. The minimum atomic E-state index is -0.362. The van der Waals surface area contributed by atoms with Gasteiger partial charge >= 0.3 is 0 Å². The predicted molar refractivity (Wildman–Crippen MR) is 72.8 cm³/mol. The Hall–Kier alpha value is -2.67. The standard InChI is InChI=1S/C13H15N5O2/c1-15-13(20)11-6-7-18(17-11)8-9-4-2-3-5-10(9)12(19)16-14/h2-7H,8,14H2,1H3,(H,15,20)(H,16,19). The van der Waals surface area contributed by atoms with Crippen molar-refractivity contribution in [3.05, 3.63) is 53.3 Å². The third-order valence-electron chi connectivity index (χ3n) is 2.83. The molecule has 0 bridgehead atoms. The van der Waals surface area contributed by atoms with E-state index in [-0.39, 0.29) is 11.8 Å². The molecule has 1 aromatic carbocycles. The Bertz CT molecular complexity index is 635. The zero-order valence-electron chi connectivity index (χ0n) is 11.0. The first-order chi connectivity index (χ1) is 9.65. The Balaban J connectivity index is 2.24. The number of nitrogens with one attached hydrogen (secondary N) is 2. The Morgan fingerprint density at radius 3 is 2.70 bits per heavy atom. The topological polar surface area (TPSA) is 102 Å². The molecule has 20 heavy (non-hydrogen) atoms. The van der Waals surface area contributed by atoms with Crippen molar-refractivity contribution >= 4 is 11.8 Å². The zero-order chi connectivity index (χ0) is 14.5. The number of nitrogens with two attached hydrogens (primary N) is 1. The summed E-state index contributed by atoms with van der Waals surface area (Å²) in [5.74, 6) is 4.54. The maximum atomic E-state index is 11.7. The molecular formula is C13H15N5O2. The van der Waals surface area contributed by atoms with Crippen LogP contribution in [0.5, 0.6) is 0 Å². The first-order valence-electron chi connectivity index (χ1n) is 6.00. The first kappa shape index (κ1) is 13.8. The summed E-state index contributed by atoms with van der Waals surface area (Å²) in [4.78, 5) is 23.1. The number of aromatic nitrogens is 2. The molecule has 7 nitrogen and oxygen atoms in total. The highest BCUT2D eigenvalue weighted by molar-refractivity contribution is 5.95. The van der Waals surface area contributed by atoms with Crippen molar-refractivity contribution < 1.29 is 9.59 Å². The maximum absolute atomic E-state index is 11.7. The van der Waals surface area contributed by atoms with Gasteiger partial charge in [0.1, 0.15) is 5.69 Å². The average Bonchev–Trinajstić information content (AvgIpc) is 2.94. The lowest BCUT2D eigenvalue weighted by Crippen LogP contribution is -2.31. The number of nitrogens with zero attached hydrogens (tertiary/aromatic N) is 2. The Labute approximate surface area is 115 Å². The molecule has 2 amide bonds. The summed E-state index contributed by atoms with van der Waals surface area (Å²) in [6, 6.07) is 8.69. The van der Waals surface area contributed by atoms with Crippen molar-refractivity contribution in [3.8, 4) is 0 Å². The number of benzene rings is 1. The molecular weight excluding hydrogens is 258 g/mol.